The van der Waals surface area contributed by atoms with Crippen LogP contribution in [0, 0.1) is 0 Å². The van der Waals surface area contributed by atoms with Crippen LogP contribution >= 0.6 is 11.8 Å². The number of carbonyl (C=O) groups excluding carboxylic acids is 3. The van der Waals surface area contributed by atoms with Crippen molar-refractivity contribution in [3.8, 4) is 0 Å². The second-order valence-electron chi connectivity index (χ2n) is 9.09. The van der Waals surface area contributed by atoms with Crippen molar-refractivity contribution in [3.63, 3.8) is 0 Å². The Kier molecular flexibility index (Phi) is 7.96. The molecule has 2 atom stereocenters. The first kappa shape index (κ1) is 25.2. The van der Waals surface area contributed by atoms with E-state index >= 15 is 0 Å². The van der Waals surface area contributed by atoms with Crippen LogP contribution < -0.4 is 10.6 Å². The van der Waals surface area contributed by atoms with E-state index in [1.807, 2.05) is 54.6 Å². The van der Waals surface area contributed by atoms with Crippen LogP contribution in [0.2, 0.25) is 0 Å². The number of nitrogens with zero attached hydrogens (tertiary/aromatic N) is 3. The smallest absolute Gasteiger partial charge is 0.271 e. The zero-order valence-electron chi connectivity index (χ0n) is 20.4. The van der Waals surface area contributed by atoms with Crippen LogP contribution in [-0.4, -0.2) is 71.2 Å². The summed E-state index contributed by atoms with van der Waals surface area (Å²) in [4.78, 5) is 49.0. The van der Waals surface area contributed by atoms with Crippen molar-refractivity contribution in [1.82, 2.24) is 15.5 Å². The number of carbonyl (C=O) groups is 3. The number of para-hydroxylation sites is 1. The molecule has 0 radical (unpaired) electrons. The average Bonchev–Trinajstić information content (AvgIpc) is 3.55. The molecule has 192 valence electrons. The number of amides is 3. The van der Waals surface area contributed by atoms with Crippen LogP contribution in [0.15, 0.2) is 64.6 Å². The van der Waals surface area contributed by atoms with Gasteiger partial charge in [0.15, 0.2) is 5.17 Å². The summed E-state index contributed by atoms with van der Waals surface area (Å²) in [6.45, 7) is 1.69. The molecule has 3 amide bonds. The van der Waals surface area contributed by atoms with Gasteiger partial charge in [-0.05, 0) is 37.0 Å². The van der Waals surface area contributed by atoms with Crippen LogP contribution in [-0.2, 0) is 25.5 Å². The quantitative estimate of drug-likeness (QED) is 0.526. The molecule has 2 aromatic carbocycles. The molecule has 37 heavy (non-hydrogen) atoms. The van der Waals surface area contributed by atoms with E-state index in [9.17, 15) is 14.4 Å². The summed E-state index contributed by atoms with van der Waals surface area (Å²) in [5.41, 5.74) is 2.54. The number of thioether (sulfide) groups is 1. The summed E-state index contributed by atoms with van der Waals surface area (Å²) in [6, 6.07) is 16.5. The highest BCUT2D eigenvalue weighted by molar-refractivity contribution is 8.14. The molecule has 1 fully saturated rings. The summed E-state index contributed by atoms with van der Waals surface area (Å²) in [5, 5.41) is 6.31. The monoisotopic (exact) mass is 519 g/mol. The topological polar surface area (TPSA) is 112 Å². The minimum atomic E-state index is -0.804. The molecule has 2 unspecified atom stereocenters. The van der Waals surface area contributed by atoms with Crippen molar-refractivity contribution in [3.05, 3.63) is 65.7 Å². The molecule has 2 N–H and O–H groups in total. The van der Waals surface area contributed by atoms with Crippen molar-refractivity contribution in [2.45, 2.75) is 37.8 Å². The molecule has 3 aliphatic rings. The van der Waals surface area contributed by atoms with E-state index in [2.05, 4.69) is 15.6 Å². The molecule has 0 saturated carbocycles. The van der Waals surface area contributed by atoms with Gasteiger partial charge in [-0.1, -0.05) is 54.2 Å². The van der Waals surface area contributed by atoms with Crippen LogP contribution in [0.25, 0.3) is 0 Å². The van der Waals surface area contributed by atoms with Gasteiger partial charge in [0, 0.05) is 25.3 Å². The van der Waals surface area contributed by atoms with E-state index < -0.39 is 6.04 Å². The van der Waals surface area contributed by atoms with E-state index in [-0.39, 0.29) is 36.0 Å². The van der Waals surface area contributed by atoms with Gasteiger partial charge < -0.3 is 15.4 Å². The SMILES string of the molecule is O=C(CSC1=Nc2ccccc2C2=NC(=O)C(CC(=O)NCCc3ccccc3)N12)NCC1CCCO1. The predicted octanol–water partition coefficient (Wildman–Crippen LogP) is 2.42. The Morgan fingerprint density at radius 2 is 1.84 bits per heavy atom. The fourth-order valence-electron chi connectivity index (χ4n) is 4.56. The number of ether oxygens (including phenoxy) is 1. The lowest BCUT2D eigenvalue weighted by Gasteiger charge is -2.30. The van der Waals surface area contributed by atoms with Gasteiger partial charge in [-0.15, -0.1) is 0 Å². The highest BCUT2D eigenvalue weighted by atomic mass is 32.2. The molecule has 9 nitrogen and oxygen atoms in total. The van der Waals surface area contributed by atoms with Crippen LogP contribution in [0.5, 0.6) is 0 Å². The largest absolute Gasteiger partial charge is 0.376 e. The number of rotatable bonds is 9. The van der Waals surface area contributed by atoms with Gasteiger partial charge in [-0.25, -0.2) is 4.99 Å². The molecule has 1 saturated heterocycles. The van der Waals surface area contributed by atoms with Crippen molar-refractivity contribution in [2.75, 3.05) is 25.4 Å². The molecule has 5 rings (SSSR count). The highest BCUT2D eigenvalue weighted by Gasteiger charge is 2.42. The fourth-order valence-corrected chi connectivity index (χ4v) is 5.43. The third-order valence-corrected chi connectivity index (χ3v) is 7.40. The minimum absolute atomic E-state index is 0.0480. The van der Waals surface area contributed by atoms with E-state index in [0.717, 1.165) is 30.6 Å². The van der Waals surface area contributed by atoms with Gasteiger partial charge in [0.2, 0.25) is 11.8 Å². The third kappa shape index (κ3) is 6.08. The molecule has 3 aliphatic heterocycles. The van der Waals surface area contributed by atoms with E-state index in [0.29, 0.717) is 36.2 Å². The van der Waals surface area contributed by atoms with Crippen LogP contribution in [0.4, 0.5) is 5.69 Å². The summed E-state index contributed by atoms with van der Waals surface area (Å²) in [5.74, 6) is -0.160. The molecule has 3 heterocycles. The number of fused-ring (bicyclic) bond motifs is 3. The Morgan fingerprint density at radius 1 is 1.03 bits per heavy atom. The molecular weight excluding hydrogens is 490 g/mol. The second-order valence-corrected chi connectivity index (χ2v) is 10.0. The predicted molar refractivity (Wildman–Crippen MR) is 143 cm³/mol. The van der Waals surface area contributed by atoms with Crippen molar-refractivity contribution in [2.24, 2.45) is 9.98 Å². The molecule has 0 aromatic heterocycles. The van der Waals surface area contributed by atoms with Gasteiger partial charge >= 0.3 is 0 Å². The van der Waals surface area contributed by atoms with Gasteiger partial charge in [-0.3, -0.25) is 19.3 Å². The summed E-state index contributed by atoms with van der Waals surface area (Å²) in [7, 11) is 0. The third-order valence-electron chi connectivity index (χ3n) is 6.45. The molecule has 0 bridgehead atoms. The number of hydrogen-bond donors (Lipinski definition) is 2. The second kappa shape index (κ2) is 11.7. The lowest BCUT2D eigenvalue weighted by atomic mass is 10.1. The number of amidine groups is 2. The van der Waals surface area contributed by atoms with Gasteiger partial charge in [-0.2, -0.15) is 4.99 Å². The normalized spacial score (nSPS) is 20.1. The van der Waals surface area contributed by atoms with Crippen LogP contribution in [0.1, 0.15) is 30.4 Å². The number of benzene rings is 2. The van der Waals surface area contributed by atoms with E-state index in [4.69, 9.17) is 9.73 Å². The maximum absolute atomic E-state index is 12.9. The molecule has 0 aliphatic carbocycles. The fraction of sp³-hybridized carbons (Fsp3) is 0.370. The molecule has 2 aromatic rings. The Labute approximate surface area is 219 Å². The standard InChI is InChI=1S/C27H29N5O4S/c33-23(28-13-12-18-7-2-1-3-8-18)15-22-26(35)31-25-20-10-4-5-11-21(20)30-27(32(22)25)37-17-24(34)29-16-19-9-6-14-36-19/h1-5,7-8,10-11,19,22H,6,9,12-17H2,(H,28,33)(H,29,34). The number of nitrogens with one attached hydrogen (secondary N) is 2. The molecule has 10 heteroatoms. The first-order valence-corrected chi connectivity index (χ1v) is 13.5. The van der Waals surface area contributed by atoms with E-state index in [1.165, 1.54) is 11.8 Å². The Morgan fingerprint density at radius 3 is 2.65 bits per heavy atom. The maximum atomic E-state index is 12.9. The first-order chi connectivity index (χ1) is 18.1. The van der Waals surface area contributed by atoms with E-state index in [1.54, 1.807) is 4.90 Å². The van der Waals surface area contributed by atoms with Crippen molar-refractivity contribution in [1.29, 1.82) is 0 Å². The van der Waals surface area contributed by atoms with Crippen molar-refractivity contribution < 1.29 is 19.1 Å². The van der Waals surface area contributed by atoms with Crippen LogP contribution in [0.3, 0.4) is 0 Å². The zero-order chi connectivity index (χ0) is 25.6. The number of hydrogen-bond acceptors (Lipinski definition) is 7. The Hall–Kier alpha value is -3.50. The number of aliphatic imine (C=N–C) groups is 2. The Bertz CT molecular complexity index is 1230. The summed E-state index contributed by atoms with van der Waals surface area (Å²) < 4.78 is 5.56. The average molecular weight is 520 g/mol. The van der Waals surface area contributed by atoms with Gasteiger partial charge in [0.05, 0.1) is 24.0 Å². The zero-order valence-corrected chi connectivity index (χ0v) is 21.2. The maximum Gasteiger partial charge on any atom is 0.271 e. The van der Waals surface area contributed by atoms with Gasteiger partial charge in [0.25, 0.3) is 5.91 Å². The first-order valence-electron chi connectivity index (χ1n) is 12.5. The van der Waals surface area contributed by atoms with Gasteiger partial charge in [0.1, 0.15) is 11.9 Å². The highest BCUT2D eigenvalue weighted by Crippen LogP contribution is 2.34. The lowest BCUT2D eigenvalue weighted by Crippen LogP contribution is -2.46. The summed E-state index contributed by atoms with van der Waals surface area (Å²) in [6.07, 6.45) is 2.67. The Balaban J connectivity index is 1.24. The lowest BCUT2D eigenvalue weighted by molar-refractivity contribution is -0.126. The summed E-state index contributed by atoms with van der Waals surface area (Å²) >= 11 is 1.23. The molecular formula is C27H29N5O4S. The van der Waals surface area contributed by atoms with Crippen molar-refractivity contribution >= 4 is 46.2 Å². The molecule has 0 spiro atoms. The minimum Gasteiger partial charge on any atom is -0.376 e.